The van der Waals surface area contributed by atoms with Crippen molar-refractivity contribution in [2.24, 2.45) is 0 Å². The SMILES string of the molecule is CC1=C(F)CC=C(c2ccccc2)C=C1F. The van der Waals surface area contributed by atoms with E-state index in [4.69, 9.17) is 0 Å². The predicted octanol–water partition coefficient (Wildman–Crippen LogP) is 4.57. The van der Waals surface area contributed by atoms with Crippen molar-refractivity contribution in [3.05, 3.63) is 65.3 Å². The van der Waals surface area contributed by atoms with E-state index in [1.54, 1.807) is 6.08 Å². The molecule has 82 valence electrons. The maximum absolute atomic E-state index is 13.5. The molecule has 0 N–H and O–H groups in total. The van der Waals surface area contributed by atoms with Crippen LogP contribution in [0.1, 0.15) is 18.9 Å². The molecule has 0 heterocycles. The molecule has 0 aromatic heterocycles. The van der Waals surface area contributed by atoms with Crippen molar-refractivity contribution in [2.45, 2.75) is 13.3 Å². The van der Waals surface area contributed by atoms with Gasteiger partial charge in [-0.3, -0.25) is 0 Å². The molecule has 0 nitrogen and oxygen atoms in total. The Hall–Kier alpha value is -1.70. The van der Waals surface area contributed by atoms with Crippen molar-refractivity contribution < 1.29 is 8.78 Å². The topological polar surface area (TPSA) is 0 Å². The van der Waals surface area contributed by atoms with Gasteiger partial charge in [0.05, 0.1) is 0 Å². The minimum Gasteiger partial charge on any atom is -0.211 e. The summed E-state index contributed by atoms with van der Waals surface area (Å²) in [6.07, 6.45) is 3.25. The number of benzene rings is 1. The van der Waals surface area contributed by atoms with Gasteiger partial charge in [0.1, 0.15) is 11.7 Å². The van der Waals surface area contributed by atoms with Crippen molar-refractivity contribution >= 4 is 5.57 Å². The molecule has 0 aliphatic heterocycles. The molecule has 2 rings (SSSR count). The number of hydrogen-bond donors (Lipinski definition) is 0. The van der Waals surface area contributed by atoms with Gasteiger partial charge in [-0.15, -0.1) is 0 Å². The van der Waals surface area contributed by atoms with Crippen molar-refractivity contribution in [1.82, 2.24) is 0 Å². The molecule has 2 heteroatoms. The quantitative estimate of drug-likeness (QED) is 0.647. The Morgan fingerprint density at radius 3 is 2.44 bits per heavy atom. The molecule has 0 fully saturated rings. The molecule has 0 amide bonds. The van der Waals surface area contributed by atoms with Gasteiger partial charge in [0, 0.05) is 12.0 Å². The highest BCUT2D eigenvalue weighted by Gasteiger charge is 2.11. The lowest BCUT2D eigenvalue weighted by molar-refractivity contribution is 0.582. The summed E-state index contributed by atoms with van der Waals surface area (Å²) in [6, 6.07) is 9.42. The van der Waals surface area contributed by atoms with Gasteiger partial charge in [0.2, 0.25) is 0 Å². The number of rotatable bonds is 1. The van der Waals surface area contributed by atoms with Crippen molar-refractivity contribution in [2.75, 3.05) is 0 Å². The molecule has 0 spiro atoms. The molecule has 1 aromatic rings. The van der Waals surface area contributed by atoms with E-state index in [1.165, 1.54) is 13.0 Å². The normalized spacial score (nSPS) is 16.7. The first-order valence-corrected chi connectivity index (χ1v) is 5.17. The number of hydrogen-bond acceptors (Lipinski definition) is 0. The summed E-state index contributed by atoms with van der Waals surface area (Å²) in [7, 11) is 0. The Morgan fingerprint density at radius 2 is 1.75 bits per heavy atom. The molecule has 0 atom stereocenters. The molecule has 1 aliphatic carbocycles. The van der Waals surface area contributed by atoms with Crippen LogP contribution < -0.4 is 0 Å². The van der Waals surface area contributed by atoms with Crippen LogP contribution in [0.15, 0.2) is 59.7 Å². The van der Waals surface area contributed by atoms with Gasteiger partial charge in [-0.2, -0.15) is 0 Å². The van der Waals surface area contributed by atoms with E-state index in [1.807, 2.05) is 30.3 Å². The van der Waals surface area contributed by atoms with Gasteiger partial charge in [0.15, 0.2) is 0 Å². The first-order chi connectivity index (χ1) is 7.68. The van der Waals surface area contributed by atoms with Gasteiger partial charge in [-0.1, -0.05) is 36.4 Å². The van der Waals surface area contributed by atoms with Crippen LogP contribution in [-0.4, -0.2) is 0 Å². The summed E-state index contributed by atoms with van der Waals surface area (Å²) in [5.74, 6) is -0.898. The summed E-state index contributed by atoms with van der Waals surface area (Å²) in [5, 5.41) is 0. The predicted molar refractivity (Wildman–Crippen MR) is 62.0 cm³/mol. The minimum atomic E-state index is -0.495. The van der Waals surface area contributed by atoms with Gasteiger partial charge >= 0.3 is 0 Å². The van der Waals surface area contributed by atoms with Gasteiger partial charge in [-0.05, 0) is 24.1 Å². The fourth-order valence-corrected chi connectivity index (χ4v) is 1.62. The Bertz CT molecular complexity index is 479. The molecule has 0 saturated carbocycles. The van der Waals surface area contributed by atoms with E-state index in [-0.39, 0.29) is 12.0 Å². The molecule has 0 radical (unpaired) electrons. The minimum absolute atomic E-state index is 0.0992. The summed E-state index contributed by atoms with van der Waals surface area (Å²) in [5.41, 5.74) is 1.73. The highest BCUT2D eigenvalue weighted by molar-refractivity contribution is 5.76. The maximum Gasteiger partial charge on any atom is 0.129 e. The first-order valence-electron chi connectivity index (χ1n) is 5.17. The van der Waals surface area contributed by atoms with E-state index in [0.29, 0.717) is 0 Å². The van der Waals surface area contributed by atoms with Crippen LogP contribution >= 0.6 is 0 Å². The van der Waals surface area contributed by atoms with Crippen molar-refractivity contribution in [3.8, 4) is 0 Å². The highest BCUT2D eigenvalue weighted by atomic mass is 19.1. The molecule has 1 aliphatic rings. The largest absolute Gasteiger partial charge is 0.211 e. The average Bonchev–Trinajstić information content (AvgIpc) is 2.44. The molecule has 16 heavy (non-hydrogen) atoms. The second kappa shape index (κ2) is 4.44. The van der Waals surface area contributed by atoms with E-state index < -0.39 is 11.7 Å². The summed E-state index contributed by atoms with van der Waals surface area (Å²) in [6.45, 7) is 1.46. The van der Waals surface area contributed by atoms with Gasteiger partial charge < -0.3 is 0 Å². The summed E-state index contributed by atoms with van der Waals surface area (Å²) < 4.78 is 26.9. The molecular formula is C14H12F2. The molecule has 0 unspecified atom stereocenters. The fraction of sp³-hybridized carbons (Fsp3) is 0.143. The van der Waals surface area contributed by atoms with Crippen LogP contribution in [0.5, 0.6) is 0 Å². The van der Waals surface area contributed by atoms with E-state index in [2.05, 4.69) is 0 Å². The van der Waals surface area contributed by atoms with Gasteiger partial charge in [-0.25, -0.2) is 8.78 Å². The lowest BCUT2D eigenvalue weighted by Crippen LogP contribution is -1.81. The Labute approximate surface area is 93.6 Å². The Balaban J connectivity index is 2.41. The zero-order valence-electron chi connectivity index (χ0n) is 9.00. The zero-order chi connectivity index (χ0) is 11.5. The second-order valence-electron chi connectivity index (χ2n) is 3.75. The third kappa shape index (κ3) is 2.11. The average molecular weight is 218 g/mol. The van der Waals surface area contributed by atoms with Crippen molar-refractivity contribution in [1.29, 1.82) is 0 Å². The third-order valence-electron chi connectivity index (χ3n) is 2.66. The van der Waals surface area contributed by atoms with Crippen LogP contribution in [0.3, 0.4) is 0 Å². The molecule has 1 aromatic carbocycles. The summed E-state index contributed by atoms with van der Waals surface area (Å²) in [4.78, 5) is 0. The van der Waals surface area contributed by atoms with Gasteiger partial charge in [0.25, 0.3) is 0 Å². The third-order valence-corrected chi connectivity index (χ3v) is 2.66. The number of halogens is 2. The van der Waals surface area contributed by atoms with Crippen LogP contribution in [0, 0.1) is 0 Å². The Morgan fingerprint density at radius 1 is 1.06 bits per heavy atom. The highest BCUT2D eigenvalue weighted by Crippen LogP contribution is 2.29. The Kier molecular flexibility index (Phi) is 3.00. The smallest absolute Gasteiger partial charge is 0.129 e. The van der Waals surface area contributed by atoms with Crippen molar-refractivity contribution in [3.63, 3.8) is 0 Å². The van der Waals surface area contributed by atoms with E-state index in [9.17, 15) is 8.78 Å². The molecular weight excluding hydrogens is 206 g/mol. The fourth-order valence-electron chi connectivity index (χ4n) is 1.62. The zero-order valence-corrected chi connectivity index (χ0v) is 9.00. The van der Waals surface area contributed by atoms with Crippen LogP contribution in [0.4, 0.5) is 8.78 Å². The monoisotopic (exact) mass is 218 g/mol. The standard InChI is InChI=1S/C14H12F2/c1-10-13(15)8-7-12(9-14(10)16)11-5-3-2-4-6-11/h2-7,9H,8H2,1H3. The molecule has 0 saturated heterocycles. The van der Waals surface area contributed by atoms with E-state index >= 15 is 0 Å². The van der Waals surface area contributed by atoms with Crippen LogP contribution in [0.25, 0.3) is 5.57 Å². The van der Waals surface area contributed by atoms with E-state index in [0.717, 1.165) is 11.1 Å². The van der Waals surface area contributed by atoms with Crippen LogP contribution in [-0.2, 0) is 0 Å². The first kappa shape index (κ1) is 10.8. The summed E-state index contributed by atoms with van der Waals surface area (Å²) >= 11 is 0. The number of allylic oxidation sites excluding steroid dienone is 6. The maximum atomic E-state index is 13.5. The molecule has 0 bridgehead atoms. The second-order valence-corrected chi connectivity index (χ2v) is 3.75. The van der Waals surface area contributed by atoms with Crippen LogP contribution in [0.2, 0.25) is 0 Å². The lowest BCUT2D eigenvalue weighted by Gasteiger charge is -2.01. The lowest BCUT2D eigenvalue weighted by atomic mass is 10.0.